The Balaban J connectivity index is 1.44. The SMILES string of the molecule is COc1ccc(S(=O)(=O)C2OC3(CCNCC3)CC2N(C)C2CC3(COC3)C2)c(F)c1. The zero-order chi connectivity index (χ0) is 21.9. The van der Waals surface area contributed by atoms with Gasteiger partial charge in [0.15, 0.2) is 5.44 Å². The highest BCUT2D eigenvalue weighted by Crippen LogP contribution is 2.51. The molecule has 7 nitrogen and oxygen atoms in total. The number of likely N-dealkylation sites (N-methyl/N-ethyl adjacent to an activating group) is 1. The van der Waals surface area contributed by atoms with E-state index in [0.29, 0.717) is 12.5 Å². The third-order valence-electron chi connectivity index (χ3n) is 7.78. The number of benzene rings is 1. The predicted octanol–water partition coefficient (Wildman–Crippen LogP) is 1.96. The van der Waals surface area contributed by atoms with Gasteiger partial charge in [0.05, 0.1) is 32.0 Å². The van der Waals surface area contributed by atoms with Crippen molar-refractivity contribution in [1.82, 2.24) is 10.2 Å². The van der Waals surface area contributed by atoms with Crippen LogP contribution in [-0.2, 0) is 19.3 Å². The number of piperidine rings is 1. The summed E-state index contributed by atoms with van der Waals surface area (Å²) in [7, 11) is -0.619. The number of hydrogen-bond donors (Lipinski definition) is 1. The first-order chi connectivity index (χ1) is 14.8. The zero-order valence-corrected chi connectivity index (χ0v) is 18.9. The minimum Gasteiger partial charge on any atom is -0.497 e. The molecular formula is C22H31FN2O5S. The van der Waals surface area contributed by atoms with Gasteiger partial charge in [-0.05, 0) is 64.4 Å². The van der Waals surface area contributed by atoms with Crippen LogP contribution in [0.2, 0.25) is 0 Å². The minimum absolute atomic E-state index is 0.279. The van der Waals surface area contributed by atoms with Crippen LogP contribution in [0.1, 0.15) is 32.1 Å². The maximum absolute atomic E-state index is 14.8. The standard InChI is InChI=1S/C22H31FN2O5S/c1-25(15-10-21(11-15)13-29-14-21)18-12-22(5-7-24-8-6-22)30-20(18)31(26,27)19-4-3-16(28-2)9-17(19)23/h3-4,9,15,18,20,24H,5-8,10-14H2,1-2H3. The highest BCUT2D eigenvalue weighted by atomic mass is 32.2. The van der Waals surface area contributed by atoms with Crippen molar-refractivity contribution in [2.45, 2.75) is 60.1 Å². The van der Waals surface area contributed by atoms with Gasteiger partial charge in [0.1, 0.15) is 16.5 Å². The van der Waals surface area contributed by atoms with Crippen molar-refractivity contribution in [1.29, 1.82) is 0 Å². The van der Waals surface area contributed by atoms with Crippen LogP contribution in [0, 0.1) is 11.2 Å². The Morgan fingerprint density at radius 2 is 1.90 bits per heavy atom. The second kappa shape index (κ2) is 7.66. The van der Waals surface area contributed by atoms with E-state index in [1.54, 1.807) is 0 Å². The van der Waals surface area contributed by atoms with E-state index in [2.05, 4.69) is 10.2 Å². The van der Waals surface area contributed by atoms with Crippen LogP contribution in [0.25, 0.3) is 0 Å². The Bertz CT molecular complexity index is 937. The molecule has 172 valence electrons. The quantitative estimate of drug-likeness (QED) is 0.729. The second-order valence-electron chi connectivity index (χ2n) is 9.75. The zero-order valence-electron chi connectivity index (χ0n) is 18.1. The minimum atomic E-state index is -4.04. The van der Waals surface area contributed by atoms with Crippen LogP contribution in [0.3, 0.4) is 0 Å². The molecule has 1 aromatic rings. The smallest absolute Gasteiger partial charge is 0.209 e. The lowest BCUT2D eigenvalue weighted by molar-refractivity contribution is -0.185. The molecule has 5 rings (SSSR count). The lowest BCUT2D eigenvalue weighted by Gasteiger charge is -2.56. The molecule has 1 saturated carbocycles. The number of hydrogen-bond acceptors (Lipinski definition) is 7. The lowest BCUT2D eigenvalue weighted by atomic mass is 9.63. The number of halogens is 1. The summed E-state index contributed by atoms with van der Waals surface area (Å²) in [5.74, 6) is -0.514. The van der Waals surface area contributed by atoms with Crippen LogP contribution in [-0.4, -0.2) is 76.9 Å². The van der Waals surface area contributed by atoms with Gasteiger partial charge in [-0.1, -0.05) is 0 Å². The summed E-state index contributed by atoms with van der Waals surface area (Å²) in [6.07, 6.45) is 4.19. The van der Waals surface area contributed by atoms with Gasteiger partial charge in [-0.2, -0.15) is 0 Å². The van der Waals surface area contributed by atoms with Crippen LogP contribution in [0.4, 0.5) is 4.39 Å². The molecule has 4 fully saturated rings. The van der Waals surface area contributed by atoms with E-state index >= 15 is 0 Å². The summed E-state index contributed by atoms with van der Waals surface area (Å²) in [6, 6.07) is 3.88. The molecule has 3 aliphatic heterocycles. The van der Waals surface area contributed by atoms with Crippen LogP contribution in [0.5, 0.6) is 5.75 Å². The van der Waals surface area contributed by atoms with Crippen molar-refractivity contribution < 1.29 is 27.0 Å². The fourth-order valence-corrected chi connectivity index (χ4v) is 7.62. The average Bonchev–Trinajstić information content (AvgIpc) is 3.05. The van der Waals surface area contributed by atoms with Crippen LogP contribution < -0.4 is 10.1 Å². The van der Waals surface area contributed by atoms with Gasteiger partial charge in [0.2, 0.25) is 9.84 Å². The Hall–Kier alpha value is -1.26. The fourth-order valence-electron chi connectivity index (χ4n) is 5.75. The molecule has 1 aliphatic carbocycles. The van der Waals surface area contributed by atoms with Gasteiger partial charge >= 0.3 is 0 Å². The van der Waals surface area contributed by atoms with E-state index in [1.165, 1.54) is 19.2 Å². The molecule has 0 bridgehead atoms. The fraction of sp³-hybridized carbons (Fsp3) is 0.727. The van der Waals surface area contributed by atoms with Crippen molar-refractivity contribution in [2.24, 2.45) is 5.41 Å². The van der Waals surface area contributed by atoms with Gasteiger partial charge in [-0.3, -0.25) is 4.90 Å². The molecule has 31 heavy (non-hydrogen) atoms. The average molecular weight is 455 g/mol. The molecule has 2 unspecified atom stereocenters. The summed E-state index contributed by atoms with van der Waals surface area (Å²) in [4.78, 5) is 1.87. The predicted molar refractivity (Wildman–Crippen MR) is 112 cm³/mol. The van der Waals surface area contributed by atoms with Gasteiger partial charge in [-0.25, -0.2) is 12.8 Å². The van der Waals surface area contributed by atoms with Crippen molar-refractivity contribution in [3.05, 3.63) is 24.0 Å². The molecule has 3 heterocycles. The topological polar surface area (TPSA) is 77.1 Å². The largest absolute Gasteiger partial charge is 0.497 e. The summed E-state index contributed by atoms with van der Waals surface area (Å²) >= 11 is 0. The molecule has 4 aliphatic rings. The third-order valence-corrected chi connectivity index (χ3v) is 9.75. The van der Waals surface area contributed by atoms with E-state index < -0.39 is 26.7 Å². The normalized spacial score (nSPS) is 29.8. The number of sulfone groups is 1. The monoisotopic (exact) mass is 454 g/mol. The number of ether oxygens (including phenoxy) is 3. The maximum atomic E-state index is 14.8. The Morgan fingerprint density at radius 3 is 2.48 bits per heavy atom. The van der Waals surface area contributed by atoms with Gasteiger partial charge < -0.3 is 19.5 Å². The highest BCUT2D eigenvalue weighted by Gasteiger charge is 2.58. The van der Waals surface area contributed by atoms with E-state index in [9.17, 15) is 12.8 Å². The second-order valence-corrected chi connectivity index (χ2v) is 11.7. The lowest BCUT2D eigenvalue weighted by Crippen LogP contribution is -2.61. The summed E-state index contributed by atoms with van der Waals surface area (Å²) in [6.45, 7) is 3.19. The van der Waals surface area contributed by atoms with Crippen LogP contribution >= 0.6 is 0 Å². The molecule has 3 saturated heterocycles. The van der Waals surface area contributed by atoms with E-state index in [4.69, 9.17) is 14.2 Å². The first-order valence-electron chi connectivity index (χ1n) is 11.0. The Labute approximate surface area is 183 Å². The molecular weight excluding hydrogens is 423 g/mol. The van der Waals surface area contributed by atoms with Crippen molar-refractivity contribution in [3.63, 3.8) is 0 Å². The summed E-state index contributed by atoms with van der Waals surface area (Å²) < 4.78 is 58.9. The van der Waals surface area contributed by atoms with Gasteiger partial charge in [0, 0.05) is 17.5 Å². The van der Waals surface area contributed by atoms with Gasteiger partial charge in [-0.15, -0.1) is 0 Å². The molecule has 2 spiro atoms. The number of nitrogens with zero attached hydrogens (tertiary/aromatic N) is 1. The number of rotatable bonds is 5. The molecule has 1 aromatic carbocycles. The number of nitrogens with one attached hydrogen (secondary N) is 1. The van der Waals surface area contributed by atoms with Gasteiger partial charge in [0.25, 0.3) is 0 Å². The molecule has 0 aromatic heterocycles. The molecule has 1 N–H and O–H groups in total. The summed E-state index contributed by atoms with van der Waals surface area (Å²) in [5, 5.41) is 3.33. The molecule has 0 amide bonds. The molecule has 9 heteroatoms. The maximum Gasteiger partial charge on any atom is 0.209 e. The van der Waals surface area contributed by atoms with E-state index in [-0.39, 0.29) is 22.1 Å². The molecule has 2 atom stereocenters. The highest BCUT2D eigenvalue weighted by molar-refractivity contribution is 7.92. The van der Waals surface area contributed by atoms with Crippen molar-refractivity contribution >= 4 is 9.84 Å². The Morgan fingerprint density at radius 1 is 1.19 bits per heavy atom. The number of methoxy groups -OCH3 is 1. The first kappa shape index (κ1) is 21.6. The Kier molecular flexibility index (Phi) is 5.33. The van der Waals surface area contributed by atoms with E-state index in [0.717, 1.165) is 58.1 Å². The van der Waals surface area contributed by atoms with Crippen molar-refractivity contribution in [3.8, 4) is 5.75 Å². The first-order valence-corrected chi connectivity index (χ1v) is 12.6. The van der Waals surface area contributed by atoms with Crippen molar-refractivity contribution in [2.75, 3.05) is 40.5 Å². The summed E-state index contributed by atoms with van der Waals surface area (Å²) in [5.41, 5.74) is -1.29. The van der Waals surface area contributed by atoms with E-state index in [1.807, 2.05) is 7.05 Å². The molecule has 0 radical (unpaired) electrons. The third kappa shape index (κ3) is 3.58. The van der Waals surface area contributed by atoms with Crippen LogP contribution in [0.15, 0.2) is 23.1 Å².